The average Bonchev–Trinajstić information content (AvgIpc) is 3.35. The van der Waals surface area contributed by atoms with Gasteiger partial charge >= 0.3 is 0 Å². The third-order valence-corrected chi connectivity index (χ3v) is 6.11. The summed E-state index contributed by atoms with van der Waals surface area (Å²) in [6.45, 7) is 15.4. The Morgan fingerprint density at radius 2 is 1.81 bits per heavy atom. The zero-order valence-corrected chi connectivity index (χ0v) is 21.2. The zero-order chi connectivity index (χ0) is 25.3. The minimum atomic E-state index is 0.689. The van der Waals surface area contributed by atoms with Crippen LogP contribution in [-0.2, 0) is 11.2 Å². The predicted octanol–water partition coefficient (Wildman–Crippen LogP) is 6.47. The molecule has 2 aromatic heterocycles. The van der Waals surface area contributed by atoms with Gasteiger partial charge in [0.2, 0.25) is 0 Å². The van der Waals surface area contributed by atoms with Crippen LogP contribution in [0.25, 0.3) is 16.8 Å². The molecule has 1 aromatic carbocycles. The van der Waals surface area contributed by atoms with Gasteiger partial charge in [-0.3, -0.25) is 0 Å². The predicted molar refractivity (Wildman–Crippen MR) is 151 cm³/mol. The summed E-state index contributed by atoms with van der Waals surface area (Å²) >= 11 is 0. The lowest BCUT2D eigenvalue weighted by Crippen LogP contribution is -2.37. The molecular weight excluding hydrogens is 444 g/mol. The molecule has 3 aromatic rings. The first-order chi connectivity index (χ1) is 17.6. The lowest BCUT2D eigenvalue weighted by molar-refractivity contribution is 0.122. The van der Waals surface area contributed by atoms with E-state index in [4.69, 9.17) is 14.8 Å². The van der Waals surface area contributed by atoms with Crippen molar-refractivity contribution in [2.24, 2.45) is 0 Å². The van der Waals surface area contributed by atoms with Gasteiger partial charge in [-0.25, -0.2) is 4.98 Å². The molecule has 36 heavy (non-hydrogen) atoms. The van der Waals surface area contributed by atoms with Crippen molar-refractivity contribution >= 4 is 22.6 Å². The van der Waals surface area contributed by atoms with Gasteiger partial charge in [-0.05, 0) is 37.0 Å². The fourth-order valence-electron chi connectivity index (χ4n) is 4.26. The highest BCUT2D eigenvalue weighted by Gasteiger charge is 2.20. The van der Waals surface area contributed by atoms with Crippen LogP contribution in [0.5, 0.6) is 0 Å². The van der Waals surface area contributed by atoms with Crippen LogP contribution in [0.4, 0.5) is 5.82 Å². The van der Waals surface area contributed by atoms with Crippen molar-refractivity contribution in [3.63, 3.8) is 0 Å². The summed E-state index contributed by atoms with van der Waals surface area (Å²) in [4.78, 5) is 7.34. The first-order valence-corrected chi connectivity index (χ1v) is 12.4. The van der Waals surface area contributed by atoms with E-state index in [0.29, 0.717) is 13.2 Å². The molecule has 0 N–H and O–H groups in total. The number of aromatic nitrogens is 3. The molecule has 0 unspecified atom stereocenters. The molecule has 5 nitrogen and oxygen atoms in total. The second-order valence-electron chi connectivity index (χ2n) is 8.61. The maximum absolute atomic E-state index is 5.62. The first kappa shape index (κ1) is 25.1. The maximum atomic E-state index is 5.62. The molecule has 1 aliphatic heterocycles. The van der Waals surface area contributed by atoms with Gasteiger partial charge in [0.05, 0.1) is 24.6 Å². The van der Waals surface area contributed by atoms with Gasteiger partial charge in [0, 0.05) is 30.8 Å². The Hall–Kier alpha value is -3.96. The Labute approximate surface area is 214 Å². The van der Waals surface area contributed by atoms with E-state index in [0.717, 1.165) is 59.1 Å². The SMILES string of the molecule is C=C/C=C(\C=C/C)c1cc2nc(C(=C)/C(=C\C=C/C)Cc3ccccc3)cc(N3CCOCC3)n2n1. The topological polar surface area (TPSA) is 42.7 Å². The highest BCUT2D eigenvalue weighted by Crippen LogP contribution is 2.29. The monoisotopic (exact) mass is 478 g/mol. The molecular formula is C31H34N4O. The Kier molecular flexibility index (Phi) is 8.48. The largest absolute Gasteiger partial charge is 0.378 e. The second-order valence-corrected chi connectivity index (χ2v) is 8.61. The molecule has 1 saturated heterocycles. The molecule has 0 spiro atoms. The zero-order valence-electron chi connectivity index (χ0n) is 21.2. The van der Waals surface area contributed by atoms with Crippen molar-refractivity contribution < 1.29 is 4.74 Å². The van der Waals surface area contributed by atoms with Crippen LogP contribution in [0, 0.1) is 0 Å². The number of rotatable bonds is 9. The fourth-order valence-corrected chi connectivity index (χ4v) is 4.26. The highest BCUT2D eigenvalue weighted by molar-refractivity contribution is 5.80. The summed E-state index contributed by atoms with van der Waals surface area (Å²) < 4.78 is 7.55. The Bertz CT molecular complexity index is 1340. The summed E-state index contributed by atoms with van der Waals surface area (Å²) in [5.74, 6) is 0.995. The Balaban J connectivity index is 1.82. The van der Waals surface area contributed by atoms with Crippen LogP contribution in [-0.4, -0.2) is 40.9 Å². The minimum Gasteiger partial charge on any atom is -0.378 e. The van der Waals surface area contributed by atoms with Crippen molar-refractivity contribution in [1.29, 1.82) is 0 Å². The third-order valence-electron chi connectivity index (χ3n) is 6.11. The number of hydrogen-bond donors (Lipinski definition) is 0. The van der Waals surface area contributed by atoms with Gasteiger partial charge in [0.1, 0.15) is 5.82 Å². The number of anilines is 1. The van der Waals surface area contributed by atoms with Crippen molar-refractivity contribution in [2.45, 2.75) is 20.3 Å². The molecule has 0 radical (unpaired) electrons. The number of morpholine rings is 1. The Morgan fingerprint density at radius 3 is 2.50 bits per heavy atom. The van der Waals surface area contributed by atoms with E-state index >= 15 is 0 Å². The minimum absolute atomic E-state index is 0.689. The number of benzene rings is 1. The van der Waals surface area contributed by atoms with Gasteiger partial charge in [0.15, 0.2) is 5.65 Å². The van der Waals surface area contributed by atoms with E-state index in [9.17, 15) is 0 Å². The first-order valence-electron chi connectivity index (χ1n) is 12.4. The number of allylic oxidation sites excluding steroid dienone is 10. The van der Waals surface area contributed by atoms with Gasteiger partial charge in [-0.15, -0.1) is 0 Å². The second kappa shape index (κ2) is 12.1. The van der Waals surface area contributed by atoms with E-state index in [-0.39, 0.29) is 0 Å². The molecule has 1 fully saturated rings. The van der Waals surface area contributed by atoms with Gasteiger partial charge in [0.25, 0.3) is 0 Å². The quantitative estimate of drug-likeness (QED) is 0.331. The maximum Gasteiger partial charge on any atom is 0.158 e. The molecule has 184 valence electrons. The van der Waals surface area contributed by atoms with Gasteiger partial charge in [-0.1, -0.05) is 86.0 Å². The van der Waals surface area contributed by atoms with Gasteiger partial charge < -0.3 is 9.64 Å². The summed E-state index contributed by atoms with van der Waals surface area (Å²) in [6.07, 6.45) is 14.8. The number of nitrogens with zero attached hydrogens (tertiary/aromatic N) is 4. The lowest BCUT2D eigenvalue weighted by atomic mass is 9.96. The molecule has 0 amide bonds. The van der Waals surface area contributed by atoms with E-state index in [1.54, 1.807) is 6.08 Å². The summed E-state index contributed by atoms with van der Waals surface area (Å²) in [5.41, 5.74) is 6.76. The Morgan fingerprint density at radius 1 is 1.03 bits per heavy atom. The summed E-state index contributed by atoms with van der Waals surface area (Å²) in [7, 11) is 0. The summed E-state index contributed by atoms with van der Waals surface area (Å²) in [6, 6.07) is 14.6. The van der Waals surface area contributed by atoms with E-state index in [1.165, 1.54) is 5.56 Å². The van der Waals surface area contributed by atoms with Crippen LogP contribution in [0.3, 0.4) is 0 Å². The van der Waals surface area contributed by atoms with Crippen molar-refractivity contribution in [1.82, 2.24) is 14.6 Å². The standard InChI is InChI=1S/C31H34N4O/c1-5-8-16-27(21-25-14-10-9-11-15-25)24(4)28-23-31(34-17-19-36-20-18-34)35-30(32-28)22-29(33-35)26(12-6-2)13-7-3/h5-16,22-23H,2,4,17-21H2,1,3H3/b8-5-,13-7-,26-12+,27-16-. The van der Waals surface area contributed by atoms with Crippen LogP contribution in [0.15, 0.2) is 104 Å². The molecule has 0 atom stereocenters. The molecule has 3 heterocycles. The number of ether oxygens (including phenoxy) is 1. The molecule has 0 bridgehead atoms. The van der Waals surface area contributed by atoms with Crippen molar-refractivity contribution in [3.8, 4) is 0 Å². The molecule has 0 aliphatic carbocycles. The highest BCUT2D eigenvalue weighted by atomic mass is 16.5. The van der Waals surface area contributed by atoms with Crippen LogP contribution < -0.4 is 4.90 Å². The molecule has 5 heteroatoms. The fraction of sp³-hybridized carbons (Fsp3) is 0.226. The van der Waals surface area contributed by atoms with Crippen LogP contribution in [0.2, 0.25) is 0 Å². The molecule has 0 saturated carbocycles. The molecule has 4 rings (SSSR count). The van der Waals surface area contributed by atoms with Crippen molar-refractivity contribution in [3.05, 3.63) is 121 Å². The number of fused-ring (bicyclic) bond motifs is 1. The lowest BCUT2D eigenvalue weighted by Gasteiger charge is -2.29. The smallest absolute Gasteiger partial charge is 0.158 e. The van der Waals surface area contributed by atoms with E-state index in [2.05, 4.69) is 60.5 Å². The van der Waals surface area contributed by atoms with Gasteiger partial charge in [-0.2, -0.15) is 9.61 Å². The molecule has 1 aliphatic rings. The van der Waals surface area contributed by atoms with E-state index in [1.807, 2.05) is 54.8 Å². The third kappa shape index (κ3) is 5.81. The van der Waals surface area contributed by atoms with E-state index < -0.39 is 0 Å². The average molecular weight is 479 g/mol. The summed E-state index contributed by atoms with van der Waals surface area (Å²) in [5, 5.41) is 4.94. The number of hydrogen-bond acceptors (Lipinski definition) is 4. The van der Waals surface area contributed by atoms with Crippen molar-refractivity contribution in [2.75, 3.05) is 31.2 Å². The van der Waals surface area contributed by atoms with Crippen LogP contribution >= 0.6 is 0 Å². The van der Waals surface area contributed by atoms with Crippen LogP contribution in [0.1, 0.15) is 30.8 Å². The normalized spacial score (nSPS) is 15.3.